The standard InChI is InChI=1S/C13H18N4O5/c1-3-21-11-8-10(14-5-15-11)17(6-16-8)12-13(2,20)9(19)7(4-18)22-12/h5-7,9,12,18-20H,3-4H2,1-2H3/t7-,9-,12?,13-/m1/s1. The molecule has 0 amide bonds. The van der Waals surface area contributed by atoms with Gasteiger partial charge < -0.3 is 24.8 Å². The van der Waals surface area contributed by atoms with Crippen molar-refractivity contribution >= 4 is 11.2 Å². The summed E-state index contributed by atoms with van der Waals surface area (Å²) < 4.78 is 12.5. The van der Waals surface area contributed by atoms with E-state index < -0.39 is 30.6 Å². The molecule has 4 atom stereocenters. The molecule has 9 nitrogen and oxygen atoms in total. The monoisotopic (exact) mass is 310 g/mol. The van der Waals surface area contributed by atoms with Gasteiger partial charge in [0.2, 0.25) is 5.88 Å². The molecule has 0 radical (unpaired) electrons. The first kappa shape index (κ1) is 15.1. The van der Waals surface area contributed by atoms with Crippen LogP contribution in [0.3, 0.4) is 0 Å². The number of hydrogen-bond donors (Lipinski definition) is 3. The lowest BCUT2D eigenvalue weighted by atomic mass is 9.96. The van der Waals surface area contributed by atoms with Gasteiger partial charge in [-0.15, -0.1) is 0 Å². The maximum Gasteiger partial charge on any atom is 0.245 e. The van der Waals surface area contributed by atoms with E-state index in [4.69, 9.17) is 9.47 Å². The van der Waals surface area contributed by atoms with E-state index in [9.17, 15) is 15.3 Å². The molecule has 22 heavy (non-hydrogen) atoms. The van der Waals surface area contributed by atoms with Crippen LogP contribution in [0.15, 0.2) is 12.7 Å². The van der Waals surface area contributed by atoms with Crippen LogP contribution in [0.1, 0.15) is 20.1 Å². The Labute approximate surface area is 126 Å². The average molecular weight is 310 g/mol. The van der Waals surface area contributed by atoms with Crippen LogP contribution in [0, 0.1) is 0 Å². The van der Waals surface area contributed by atoms with E-state index in [0.29, 0.717) is 23.7 Å². The largest absolute Gasteiger partial charge is 0.476 e. The minimum Gasteiger partial charge on any atom is -0.476 e. The number of rotatable bonds is 4. The molecule has 1 aliphatic heterocycles. The molecule has 2 aromatic heterocycles. The van der Waals surface area contributed by atoms with Crippen molar-refractivity contribution in [3.63, 3.8) is 0 Å². The van der Waals surface area contributed by atoms with E-state index in [1.54, 1.807) is 0 Å². The van der Waals surface area contributed by atoms with Gasteiger partial charge in [0.1, 0.15) is 24.1 Å². The highest BCUT2D eigenvalue weighted by molar-refractivity contribution is 5.76. The summed E-state index contributed by atoms with van der Waals surface area (Å²) in [4.78, 5) is 12.4. The quantitative estimate of drug-likeness (QED) is 0.672. The zero-order chi connectivity index (χ0) is 15.9. The van der Waals surface area contributed by atoms with Crippen LogP contribution >= 0.6 is 0 Å². The number of aromatic nitrogens is 4. The second-order valence-electron chi connectivity index (χ2n) is 5.32. The lowest BCUT2D eigenvalue weighted by molar-refractivity contribution is -0.0950. The van der Waals surface area contributed by atoms with Crippen LogP contribution in [-0.2, 0) is 4.74 Å². The van der Waals surface area contributed by atoms with Gasteiger partial charge >= 0.3 is 0 Å². The minimum absolute atomic E-state index is 0.336. The predicted molar refractivity (Wildman–Crippen MR) is 74.1 cm³/mol. The SMILES string of the molecule is CCOc1ncnc2c1ncn2C1O[C@H](CO)[C@@H](O)[C@@]1(C)O. The van der Waals surface area contributed by atoms with Gasteiger partial charge in [0.05, 0.1) is 19.5 Å². The smallest absolute Gasteiger partial charge is 0.245 e. The first-order valence-electron chi connectivity index (χ1n) is 6.97. The van der Waals surface area contributed by atoms with Gasteiger partial charge in [0, 0.05) is 0 Å². The molecule has 0 aromatic carbocycles. The van der Waals surface area contributed by atoms with E-state index in [0.717, 1.165) is 0 Å². The molecule has 9 heteroatoms. The lowest BCUT2D eigenvalue weighted by Crippen LogP contribution is -2.44. The molecule has 1 saturated heterocycles. The van der Waals surface area contributed by atoms with Crippen molar-refractivity contribution in [2.45, 2.75) is 37.9 Å². The van der Waals surface area contributed by atoms with Crippen LogP contribution < -0.4 is 4.74 Å². The average Bonchev–Trinajstić information content (AvgIpc) is 3.01. The van der Waals surface area contributed by atoms with Crippen molar-refractivity contribution < 1.29 is 24.8 Å². The minimum atomic E-state index is -1.60. The molecular weight excluding hydrogens is 292 g/mol. The third-order valence-electron chi connectivity index (χ3n) is 3.79. The fourth-order valence-corrected chi connectivity index (χ4v) is 2.63. The van der Waals surface area contributed by atoms with Crippen molar-refractivity contribution in [3.05, 3.63) is 12.7 Å². The van der Waals surface area contributed by atoms with E-state index in [1.165, 1.54) is 24.1 Å². The van der Waals surface area contributed by atoms with Gasteiger partial charge in [0.15, 0.2) is 17.4 Å². The predicted octanol–water partition coefficient (Wildman–Crippen LogP) is -0.773. The molecule has 1 aliphatic rings. The van der Waals surface area contributed by atoms with Crippen LogP contribution in [0.4, 0.5) is 0 Å². The number of aliphatic hydroxyl groups is 3. The molecule has 1 unspecified atom stereocenters. The van der Waals surface area contributed by atoms with Crippen LogP contribution in [0.5, 0.6) is 5.88 Å². The van der Waals surface area contributed by atoms with Crippen molar-refractivity contribution in [1.82, 2.24) is 19.5 Å². The summed E-state index contributed by atoms with van der Waals surface area (Å²) in [6, 6.07) is 0. The molecule has 3 N–H and O–H groups in total. The zero-order valence-electron chi connectivity index (χ0n) is 12.2. The summed E-state index contributed by atoms with van der Waals surface area (Å²) in [5.41, 5.74) is -0.752. The molecule has 0 bridgehead atoms. The third-order valence-corrected chi connectivity index (χ3v) is 3.79. The van der Waals surface area contributed by atoms with Gasteiger partial charge in [-0.1, -0.05) is 0 Å². The molecule has 120 valence electrons. The topological polar surface area (TPSA) is 123 Å². The Kier molecular flexibility index (Phi) is 3.73. The maximum atomic E-state index is 10.5. The highest BCUT2D eigenvalue weighted by Crippen LogP contribution is 2.39. The number of ether oxygens (including phenoxy) is 2. The Morgan fingerprint density at radius 1 is 1.41 bits per heavy atom. The summed E-state index contributed by atoms with van der Waals surface area (Å²) in [6.45, 7) is 3.30. The van der Waals surface area contributed by atoms with Gasteiger partial charge in [0.25, 0.3) is 0 Å². The van der Waals surface area contributed by atoms with Gasteiger partial charge in [-0.05, 0) is 13.8 Å². The van der Waals surface area contributed by atoms with Crippen molar-refractivity contribution in [1.29, 1.82) is 0 Å². The fraction of sp³-hybridized carbons (Fsp3) is 0.615. The van der Waals surface area contributed by atoms with Crippen molar-refractivity contribution in [3.8, 4) is 5.88 Å². The number of aliphatic hydroxyl groups excluding tert-OH is 2. The first-order chi connectivity index (χ1) is 10.5. The first-order valence-corrected chi connectivity index (χ1v) is 6.97. The number of hydrogen-bond acceptors (Lipinski definition) is 8. The lowest BCUT2D eigenvalue weighted by Gasteiger charge is -2.27. The van der Waals surface area contributed by atoms with Crippen molar-refractivity contribution in [2.75, 3.05) is 13.2 Å². The molecule has 1 fully saturated rings. The maximum absolute atomic E-state index is 10.5. The Morgan fingerprint density at radius 2 is 2.18 bits per heavy atom. The highest BCUT2D eigenvalue weighted by atomic mass is 16.6. The second-order valence-corrected chi connectivity index (χ2v) is 5.32. The summed E-state index contributed by atoms with van der Waals surface area (Å²) in [7, 11) is 0. The van der Waals surface area contributed by atoms with Crippen LogP contribution in [-0.4, -0.2) is 65.9 Å². The molecule has 2 aromatic rings. The summed E-state index contributed by atoms with van der Waals surface area (Å²) in [6.07, 6.45) is -0.282. The summed E-state index contributed by atoms with van der Waals surface area (Å²) >= 11 is 0. The fourth-order valence-electron chi connectivity index (χ4n) is 2.63. The number of fused-ring (bicyclic) bond motifs is 1. The molecule has 3 rings (SSSR count). The van der Waals surface area contributed by atoms with Crippen LogP contribution in [0.2, 0.25) is 0 Å². The molecular formula is C13H18N4O5. The Hall–Kier alpha value is -1.81. The van der Waals surface area contributed by atoms with Gasteiger partial charge in [-0.3, -0.25) is 4.57 Å². The molecule has 0 aliphatic carbocycles. The highest BCUT2D eigenvalue weighted by Gasteiger charge is 2.53. The summed E-state index contributed by atoms with van der Waals surface area (Å²) in [5, 5.41) is 29.8. The van der Waals surface area contributed by atoms with E-state index in [1.807, 2.05) is 6.92 Å². The van der Waals surface area contributed by atoms with Crippen LogP contribution in [0.25, 0.3) is 11.2 Å². The third kappa shape index (κ3) is 2.13. The van der Waals surface area contributed by atoms with E-state index in [2.05, 4.69) is 15.0 Å². The number of imidazole rings is 1. The second kappa shape index (κ2) is 5.43. The number of nitrogens with zero attached hydrogens (tertiary/aromatic N) is 4. The molecule has 0 saturated carbocycles. The van der Waals surface area contributed by atoms with E-state index in [-0.39, 0.29) is 0 Å². The Morgan fingerprint density at radius 3 is 2.82 bits per heavy atom. The van der Waals surface area contributed by atoms with Crippen molar-refractivity contribution in [2.24, 2.45) is 0 Å². The Balaban J connectivity index is 2.06. The zero-order valence-corrected chi connectivity index (χ0v) is 12.2. The van der Waals surface area contributed by atoms with Gasteiger partial charge in [-0.2, -0.15) is 4.98 Å². The normalized spacial score (nSPS) is 31.8. The van der Waals surface area contributed by atoms with Gasteiger partial charge in [-0.25, -0.2) is 9.97 Å². The summed E-state index contributed by atoms with van der Waals surface area (Å²) in [5.74, 6) is 0.336. The Bertz CT molecular complexity index is 673. The van der Waals surface area contributed by atoms with E-state index >= 15 is 0 Å². The molecule has 3 heterocycles. The molecule has 0 spiro atoms.